The van der Waals surface area contributed by atoms with Crippen LogP contribution in [0.1, 0.15) is 22.6 Å². The average Bonchev–Trinajstić information content (AvgIpc) is 3.42. The SMILES string of the molecule is COc1cc(C2c3cc4c(c(OS(=O)(=O)O)c3CC3COC(=O)C32)OCO4)cc(OC)c1OC. The number of cyclic esters (lactones) is 1. The van der Waals surface area contributed by atoms with Crippen LogP contribution in [0.25, 0.3) is 0 Å². The normalized spacial score (nSPS) is 22.5. The molecule has 1 N–H and O–H groups in total. The van der Waals surface area contributed by atoms with Crippen LogP contribution in [-0.2, 0) is 26.4 Å². The molecule has 0 amide bonds. The highest BCUT2D eigenvalue weighted by molar-refractivity contribution is 7.81. The first-order valence-electron chi connectivity index (χ1n) is 10.3. The summed E-state index contributed by atoms with van der Waals surface area (Å²) in [4.78, 5) is 12.8. The number of carbonyl (C=O) groups is 1. The van der Waals surface area contributed by atoms with Crippen molar-refractivity contribution in [2.75, 3.05) is 34.7 Å². The molecule has 2 aromatic rings. The smallest absolute Gasteiger partial charge is 0.446 e. The lowest BCUT2D eigenvalue weighted by molar-refractivity contribution is -0.141. The number of fused-ring (bicyclic) bond motifs is 3. The van der Waals surface area contributed by atoms with Crippen molar-refractivity contribution >= 4 is 16.4 Å². The molecular weight excluding hydrogens is 472 g/mol. The largest absolute Gasteiger partial charge is 0.493 e. The van der Waals surface area contributed by atoms with Crippen LogP contribution in [0.3, 0.4) is 0 Å². The van der Waals surface area contributed by atoms with Crippen molar-refractivity contribution < 1.29 is 50.4 Å². The topological polar surface area (TPSA) is 136 Å². The fourth-order valence-corrected chi connectivity index (χ4v) is 5.44. The highest BCUT2D eigenvalue weighted by atomic mass is 32.3. The highest BCUT2D eigenvalue weighted by Gasteiger charge is 2.50. The second-order valence-electron chi connectivity index (χ2n) is 8.07. The minimum Gasteiger partial charge on any atom is -0.493 e. The minimum atomic E-state index is -4.87. The first kappa shape index (κ1) is 22.4. The Morgan fingerprint density at radius 3 is 2.29 bits per heavy atom. The summed E-state index contributed by atoms with van der Waals surface area (Å²) in [6.45, 7) is 0.00737. The molecule has 34 heavy (non-hydrogen) atoms. The van der Waals surface area contributed by atoms with E-state index in [1.165, 1.54) is 21.3 Å². The molecule has 1 fully saturated rings. The summed E-state index contributed by atoms with van der Waals surface area (Å²) in [6, 6.07) is 5.17. The van der Waals surface area contributed by atoms with E-state index in [4.69, 9.17) is 32.6 Å². The van der Waals surface area contributed by atoms with Crippen LogP contribution >= 0.6 is 0 Å². The van der Waals surface area contributed by atoms with Crippen molar-refractivity contribution in [2.45, 2.75) is 12.3 Å². The molecule has 0 radical (unpaired) electrons. The van der Waals surface area contributed by atoms with E-state index in [1.54, 1.807) is 18.2 Å². The van der Waals surface area contributed by atoms with Crippen LogP contribution in [0.15, 0.2) is 18.2 Å². The van der Waals surface area contributed by atoms with Gasteiger partial charge in [-0.3, -0.25) is 9.35 Å². The molecule has 3 aliphatic rings. The first-order chi connectivity index (χ1) is 16.3. The van der Waals surface area contributed by atoms with Gasteiger partial charge in [-0.25, -0.2) is 0 Å². The van der Waals surface area contributed by atoms with Crippen molar-refractivity contribution in [3.8, 4) is 34.5 Å². The molecular formula is C22H22O11S. The Morgan fingerprint density at radius 2 is 1.68 bits per heavy atom. The number of carbonyl (C=O) groups excluding carboxylic acids is 1. The quantitative estimate of drug-likeness (QED) is 0.467. The molecule has 0 aromatic heterocycles. The summed E-state index contributed by atoms with van der Waals surface area (Å²) in [6.07, 6.45) is 0.272. The van der Waals surface area contributed by atoms with Crippen molar-refractivity contribution in [2.24, 2.45) is 11.8 Å². The third-order valence-corrected chi connectivity index (χ3v) is 6.75. The van der Waals surface area contributed by atoms with Gasteiger partial charge in [0.2, 0.25) is 18.3 Å². The lowest BCUT2D eigenvalue weighted by Gasteiger charge is -2.34. The van der Waals surface area contributed by atoms with Crippen molar-refractivity contribution in [1.29, 1.82) is 0 Å². The molecule has 0 spiro atoms. The zero-order valence-corrected chi connectivity index (χ0v) is 19.3. The number of hydrogen-bond donors (Lipinski definition) is 1. The van der Waals surface area contributed by atoms with Crippen LogP contribution in [0, 0.1) is 11.8 Å². The lowest BCUT2D eigenvalue weighted by Crippen LogP contribution is -2.32. The monoisotopic (exact) mass is 494 g/mol. The van der Waals surface area contributed by atoms with Crippen molar-refractivity contribution in [3.63, 3.8) is 0 Å². The van der Waals surface area contributed by atoms with Gasteiger partial charge in [-0.05, 0) is 35.7 Å². The summed E-state index contributed by atoms with van der Waals surface area (Å²) in [7, 11) is -0.412. The molecule has 0 bridgehead atoms. The molecule has 2 aliphatic heterocycles. The van der Waals surface area contributed by atoms with Crippen molar-refractivity contribution in [3.05, 3.63) is 34.9 Å². The molecule has 1 aliphatic carbocycles. The summed E-state index contributed by atoms with van der Waals surface area (Å²) in [5.41, 5.74) is 1.71. The molecule has 5 rings (SSSR count). The van der Waals surface area contributed by atoms with Gasteiger partial charge in [0.05, 0.1) is 33.9 Å². The van der Waals surface area contributed by atoms with E-state index in [9.17, 15) is 17.8 Å². The standard InChI is InChI=1S/C22H22O11S/c1-27-14-5-10(6-15(28-2)20(14)29-3)17-12-7-16-21(32-9-31-16)19(33-34(24,25)26)13(12)4-11-8-30-22(23)18(11)17/h5-7,11,17-18H,4,8-9H2,1-3H3,(H,24,25,26). The highest BCUT2D eigenvalue weighted by Crippen LogP contribution is 2.56. The maximum atomic E-state index is 12.8. The maximum absolute atomic E-state index is 12.8. The fraction of sp³-hybridized carbons (Fsp3) is 0.409. The second kappa shape index (κ2) is 8.13. The Labute approximate surface area is 195 Å². The predicted molar refractivity (Wildman–Crippen MR) is 114 cm³/mol. The van der Waals surface area contributed by atoms with Crippen LogP contribution in [0.4, 0.5) is 0 Å². The number of methoxy groups -OCH3 is 3. The van der Waals surface area contributed by atoms with E-state index >= 15 is 0 Å². The Bertz CT molecular complexity index is 1250. The molecule has 3 atom stereocenters. The van der Waals surface area contributed by atoms with E-state index in [0.29, 0.717) is 33.9 Å². The maximum Gasteiger partial charge on any atom is 0.446 e. The van der Waals surface area contributed by atoms with Gasteiger partial charge in [0.1, 0.15) is 0 Å². The first-order valence-corrected chi connectivity index (χ1v) is 11.7. The number of ether oxygens (including phenoxy) is 6. The lowest BCUT2D eigenvalue weighted by atomic mass is 9.67. The van der Waals surface area contributed by atoms with E-state index in [-0.39, 0.29) is 49.0 Å². The van der Waals surface area contributed by atoms with E-state index in [1.807, 2.05) is 0 Å². The van der Waals surface area contributed by atoms with Crippen LogP contribution in [0.2, 0.25) is 0 Å². The molecule has 2 heterocycles. The fourth-order valence-electron chi connectivity index (χ4n) is 5.05. The van der Waals surface area contributed by atoms with Gasteiger partial charge < -0.3 is 32.6 Å². The molecule has 182 valence electrons. The summed E-state index contributed by atoms with van der Waals surface area (Å²) in [5.74, 6) is -0.478. The zero-order valence-electron chi connectivity index (χ0n) is 18.5. The molecule has 0 saturated carbocycles. The number of hydrogen-bond acceptors (Lipinski definition) is 10. The second-order valence-corrected chi connectivity index (χ2v) is 9.10. The Balaban J connectivity index is 1.77. The summed E-state index contributed by atoms with van der Waals surface area (Å²) >= 11 is 0. The third-order valence-electron chi connectivity index (χ3n) is 6.37. The Morgan fingerprint density at radius 1 is 0.971 bits per heavy atom. The molecule has 3 unspecified atom stereocenters. The van der Waals surface area contributed by atoms with E-state index in [0.717, 1.165) is 0 Å². The van der Waals surface area contributed by atoms with Crippen molar-refractivity contribution in [1.82, 2.24) is 0 Å². The van der Waals surface area contributed by atoms with Gasteiger partial charge in [0.25, 0.3) is 0 Å². The Hall–Kier alpha value is -3.38. The number of benzene rings is 2. The minimum absolute atomic E-state index is 0.0729. The number of rotatable bonds is 6. The molecule has 2 aromatic carbocycles. The van der Waals surface area contributed by atoms with E-state index in [2.05, 4.69) is 0 Å². The van der Waals surface area contributed by atoms with Gasteiger partial charge in [-0.2, -0.15) is 8.42 Å². The molecule has 11 nitrogen and oxygen atoms in total. The Kier molecular flexibility index (Phi) is 5.36. The predicted octanol–water partition coefficient (Wildman–Crippen LogP) is 2.10. The van der Waals surface area contributed by atoms with Gasteiger partial charge in [0, 0.05) is 17.4 Å². The van der Waals surface area contributed by atoms with E-state index < -0.39 is 22.2 Å². The third kappa shape index (κ3) is 3.53. The summed E-state index contributed by atoms with van der Waals surface area (Å²) in [5, 5.41) is 0. The van der Waals surface area contributed by atoms with Crippen LogP contribution < -0.4 is 27.9 Å². The van der Waals surface area contributed by atoms with Gasteiger partial charge in [0.15, 0.2) is 23.0 Å². The molecule has 1 saturated heterocycles. The van der Waals surface area contributed by atoms with Gasteiger partial charge in [-0.1, -0.05) is 0 Å². The average molecular weight is 494 g/mol. The summed E-state index contributed by atoms with van der Waals surface area (Å²) < 4.78 is 70.5. The zero-order chi connectivity index (χ0) is 24.2. The van der Waals surface area contributed by atoms with Crippen LogP contribution in [0.5, 0.6) is 34.5 Å². The molecule has 12 heteroatoms. The number of esters is 1. The van der Waals surface area contributed by atoms with Gasteiger partial charge >= 0.3 is 16.4 Å². The van der Waals surface area contributed by atoms with Crippen LogP contribution in [-0.4, -0.2) is 53.7 Å². The van der Waals surface area contributed by atoms with Gasteiger partial charge in [-0.15, -0.1) is 0 Å².